The first-order chi connectivity index (χ1) is 13.2. The van der Waals surface area contributed by atoms with Crippen molar-refractivity contribution in [2.75, 3.05) is 39.4 Å². The van der Waals surface area contributed by atoms with E-state index in [9.17, 15) is 5.11 Å². The highest BCUT2D eigenvalue weighted by atomic mass is 16.5. The lowest BCUT2D eigenvalue weighted by atomic mass is 10.1. The topological polar surface area (TPSA) is 66.3 Å². The molecule has 3 rings (SSSR count). The van der Waals surface area contributed by atoms with E-state index >= 15 is 0 Å². The van der Waals surface area contributed by atoms with Crippen molar-refractivity contribution in [3.63, 3.8) is 0 Å². The van der Waals surface area contributed by atoms with E-state index in [-0.39, 0.29) is 0 Å². The molecule has 0 bridgehead atoms. The predicted molar refractivity (Wildman–Crippen MR) is 107 cm³/mol. The Morgan fingerprint density at radius 3 is 2.89 bits per heavy atom. The van der Waals surface area contributed by atoms with Gasteiger partial charge >= 0.3 is 0 Å². The molecule has 2 N–H and O–H groups in total. The van der Waals surface area contributed by atoms with E-state index in [2.05, 4.69) is 17.1 Å². The molecule has 6 heteroatoms. The number of phenols is 1. The minimum absolute atomic E-state index is 0.305. The summed E-state index contributed by atoms with van der Waals surface area (Å²) in [5, 5.41) is 13.0. The number of piperidine rings is 1. The summed E-state index contributed by atoms with van der Waals surface area (Å²) in [6, 6.07) is 7.40. The van der Waals surface area contributed by atoms with Crippen molar-refractivity contribution in [3.8, 4) is 5.75 Å². The number of aliphatic imine (C=N–C) groups is 1. The third-order valence-electron chi connectivity index (χ3n) is 5.19. The van der Waals surface area contributed by atoms with Gasteiger partial charge in [0.15, 0.2) is 5.96 Å². The standard InChI is InChI=1S/C21H33N3O3/c1-2-22-21(23-11-8-17-5-3-6-18(25)15-17)24-12-9-19(10-13-24)27-16-20-7-4-14-26-20/h3,5-6,15,19-20,25H,2,4,7-14,16H2,1H3,(H,22,23). The molecule has 6 nitrogen and oxygen atoms in total. The summed E-state index contributed by atoms with van der Waals surface area (Å²) < 4.78 is 11.7. The molecule has 2 aliphatic rings. The van der Waals surface area contributed by atoms with Gasteiger partial charge in [0.05, 0.1) is 18.8 Å². The first-order valence-electron chi connectivity index (χ1n) is 10.3. The Kier molecular flexibility index (Phi) is 7.78. The van der Waals surface area contributed by atoms with Crippen LogP contribution in [0.25, 0.3) is 0 Å². The van der Waals surface area contributed by atoms with Crippen LogP contribution in [0.1, 0.15) is 38.2 Å². The van der Waals surface area contributed by atoms with Gasteiger partial charge in [0, 0.05) is 32.8 Å². The summed E-state index contributed by atoms with van der Waals surface area (Å²) in [5.74, 6) is 1.30. The molecule has 0 saturated carbocycles. The summed E-state index contributed by atoms with van der Waals surface area (Å²) in [6.45, 7) is 7.23. The van der Waals surface area contributed by atoms with Crippen molar-refractivity contribution in [3.05, 3.63) is 29.8 Å². The molecule has 0 aromatic heterocycles. The third kappa shape index (κ3) is 6.40. The maximum absolute atomic E-state index is 9.57. The maximum Gasteiger partial charge on any atom is 0.193 e. The van der Waals surface area contributed by atoms with Crippen LogP contribution in [0.2, 0.25) is 0 Å². The van der Waals surface area contributed by atoms with Gasteiger partial charge in [0.1, 0.15) is 5.75 Å². The molecule has 27 heavy (non-hydrogen) atoms. The number of nitrogens with one attached hydrogen (secondary N) is 1. The lowest BCUT2D eigenvalue weighted by molar-refractivity contribution is -0.0367. The second kappa shape index (κ2) is 10.5. The Morgan fingerprint density at radius 1 is 1.33 bits per heavy atom. The Balaban J connectivity index is 1.44. The second-order valence-corrected chi connectivity index (χ2v) is 7.31. The number of guanidine groups is 1. The lowest BCUT2D eigenvalue weighted by Crippen LogP contribution is -2.47. The Bertz CT molecular complexity index is 594. The largest absolute Gasteiger partial charge is 0.508 e. The number of nitrogens with zero attached hydrogens (tertiary/aromatic N) is 2. The molecule has 1 atom stereocenters. The van der Waals surface area contributed by atoms with Crippen LogP contribution in [-0.2, 0) is 15.9 Å². The van der Waals surface area contributed by atoms with Crippen molar-refractivity contribution in [1.82, 2.24) is 10.2 Å². The molecular weight excluding hydrogens is 342 g/mol. The van der Waals surface area contributed by atoms with Crippen LogP contribution in [0.3, 0.4) is 0 Å². The molecule has 1 unspecified atom stereocenters. The number of rotatable bonds is 7. The van der Waals surface area contributed by atoms with Gasteiger partial charge in [-0.05, 0) is 56.7 Å². The molecule has 0 radical (unpaired) electrons. The summed E-state index contributed by atoms with van der Waals surface area (Å²) in [6.07, 6.45) is 5.82. The van der Waals surface area contributed by atoms with Crippen molar-refractivity contribution in [1.29, 1.82) is 0 Å². The first-order valence-corrected chi connectivity index (χ1v) is 10.3. The van der Waals surface area contributed by atoms with Gasteiger partial charge in [0.2, 0.25) is 0 Å². The lowest BCUT2D eigenvalue weighted by Gasteiger charge is -2.34. The highest BCUT2D eigenvalue weighted by molar-refractivity contribution is 5.80. The molecule has 2 aliphatic heterocycles. The maximum atomic E-state index is 9.57. The van der Waals surface area contributed by atoms with E-state index in [0.717, 1.165) is 76.5 Å². The van der Waals surface area contributed by atoms with Crippen LogP contribution < -0.4 is 5.32 Å². The van der Waals surface area contributed by atoms with Crippen molar-refractivity contribution < 1.29 is 14.6 Å². The SMILES string of the molecule is CCNC(=NCCc1cccc(O)c1)N1CCC(OCC2CCCO2)CC1. The molecule has 1 aromatic rings. The fraction of sp³-hybridized carbons (Fsp3) is 0.667. The summed E-state index contributed by atoms with van der Waals surface area (Å²) in [7, 11) is 0. The minimum Gasteiger partial charge on any atom is -0.508 e. The van der Waals surface area contributed by atoms with E-state index in [1.54, 1.807) is 12.1 Å². The zero-order valence-electron chi connectivity index (χ0n) is 16.4. The van der Waals surface area contributed by atoms with E-state index < -0.39 is 0 Å². The van der Waals surface area contributed by atoms with Gasteiger partial charge in [0.25, 0.3) is 0 Å². The van der Waals surface area contributed by atoms with Crippen LogP contribution >= 0.6 is 0 Å². The van der Waals surface area contributed by atoms with Gasteiger partial charge in [-0.1, -0.05) is 12.1 Å². The molecule has 0 spiro atoms. The normalized spacial score (nSPS) is 21.6. The highest BCUT2D eigenvalue weighted by Crippen LogP contribution is 2.18. The number of aromatic hydroxyl groups is 1. The molecule has 2 saturated heterocycles. The smallest absolute Gasteiger partial charge is 0.193 e. The number of phenolic OH excluding ortho intramolecular Hbond substituents is 1. The molecule has 2 heterocycles. The van der Waals surface area contributed by atoms with Gasteiger partial charge in [-0.15, -0.1) is 0 Å². The number of hydrogen-bond acceptors (Lipinski definition) is 4. The van der Waals surface area contributed by atoms with Crippen LogP contribution in [-0.4, -0.2) is 67.6 Å². The third-order valence-corrected chi connectivity index (χ3v) is 5.19. The number of hydrogen-bond donors (Lipinski definition) is 2. The quantitative estimate of drug-likeness (QED) is 0.566. The summed E-state index contributed by atoms with van der Waals surface area (Å²) >= 11 is 0. The van der Waals surface area contributed by atoms with Crippen LogP contribution in [0.4, 0.5) is 0 Å². The molecule has 150 valence electrons. The van der Waals surface area contributed by atoms with Crippen LogP contribution in [0.15, 0.2) is 29.3 Å². The van der Waals surface area contributed by atoms with Crippen molar-refractivity contribution >= 4 is 5.96 Å². The van der Waals surface area contributed by atoms with E-state index in [4.69, 9.17) is 14.5 Å². The monoisotopic (exact) mass is 375 g/mol. The number of ether oxygens (including phenoxy) is 2. The van der Waals surface area contributed by atoms with E-state index in [0.29, 0.717) is 24.5 Å². The average molecular weight is 376 g/mol. The zero-order valence-corrected chi connectivity index (χ0v) is 16.4. The number of benzene rings is 1. The van der Waals surface area contributed by atoms with E-state index in [1.807, 2.05) is 12.1 Å². The first kappa shape index (κ1) is 20.0. The Morgan fingerprint density at radius 2 is 2.19 bits per heavy atom. The molecule has 1 aromatic carbocycles. The molecular formula is C21H33N3O3. The Labute approximate surface area is 162 Å². The minimum atomic E-state index is 0.305. The molecule has 2 fully saturated rings. The summed E-state index contributed by atoms with van der Waals surface area (Å²) in [5.41, 5.74) is 1.11. The zero-order chi connectivity index (χ0) is 18.9. The fourth-order valence-corrected chi connectivity index (χ4v) is 3.68. The summed E-state index contributed by atoms with van der Waals surface area (Å²) in [4.78, 5) is 7.12. The van der Waals surface area contributed by atoms with Gasteiger partial charge in [-0.2, -0.15) is 0 Å². The van der Waals surface area contributed by atoms with E-state index in [1.165, 1.54) is 0 Å². The van der Waals surface area contributed by atoms with Crippen LogP contribution in [0.5, 0.6) is 5.75 Å². The van der Waals surface area contributed by atoms with Gasteiger partial charge in [-0.25, -0.2) is 0 Å². The molecule has 0 amide bonds. The van der Waals surface area contributed by atoms with Gasteiger partial charge in [-0.3, -0.25) is 4.99 Å². The Hall–Kier alpha value is -1.79. The van der Waals surface area contributed by atoms with Crippen molar-refractivity contribution in [2.24, 2.45) is 4.99 Å². The second-order valence-electron chi connectivity index (χ2n) is 7.31. The predicted octanol–water partition coefficient (Wildman–Crippen LogP) is 2.56. The van der Waals surface area contributed by atoms with Crippen LogP contribution in [0, 0.1) is 0 Å². The highest BCUT2D eigenvalue weighted by Gasteiger charge is 2.24. The average Bonchev–Trinajstić information content (AvgIpc) is 3.20. The number of likely N-dealkylation sites (tertiary alicyclic amines) is 1. The van der Waals surface area contributed by atoms with Crippen molar-refractivity contribution in [2.45, 2.75) is 51.2 Å². The van der Waals surface area contributed by atoms with Gasteiger partial charge < -0.3 is 24.8 Å². The molecule has 0 aliphatic carbocycles. The fourth-order valence-electron chi connectivity index (χ4n) is 3.68.